The van der Waals surface area contributed by atoms with Crippen LogP contribution >= 0.6 is 0 Å². The number of piperidine rings is 1. The molecule has 8 heteroatoms. The molecule has 0 saturated carbocycles. The molecule has 3 aliphatic heterocycles. The second-order valence-electron chi connectivity index (χ2n) is 9.47. The van der Waals surface area contributed by atoms with Crippen LogP contribution in [0, 0.1) is 0 Å². The first-order valence-electron chi connectivity index (χ1n) is 12.1. The van der Waals surface area contributed by atoms with Gasteiger partial charge in [-0.05, 0) is 42.5 Å². The Balaban J connectivity index is 1.43. The van der Waals surface area contributed by atoms with Crippen molar-refractivity contribution < 1.29 is 28.6 Å². The summed E-state index contributed by atoms with van der Waals surface area (Å²) in [6.45, 7) is 1.38. The Kier molecular flexibility index (Phi) is 6.47. The first-order chi connectivity index (χ1) is 17.0. The predicted octanol–water partition coefficient (Wildman–Crippen LogP) is 3.03. The zero-order valence-corrected chi connectivity index (χ0v) is 19.9. The number of fused-ring (bicyclic) bond motifs is 1. The Morgan fingerprint density at radius 3 is 2.69 bits per heavy atom. The van der Waals surface area contributed by atoms with E-state index in [0.29, 0.717) is 30.2 Å². The highest BCUT2D eigenvalue weighted by Crippen LogP contribution is 2.42. The molecule has 2 aromatic carbocycles. The molecule has 2 unspecified atom stereocenters. The number of amides is 3. The normalized spacial score (nSPS) is 23.7. The van der Waals surface area contributed by atoms with E-state index in [1.165, 1.54) is 4.90 Å². The Hall–Kier alpha value is -3.39. The van der Waals surface area contributed by atoms with E-state index in [4.69, 9.17) is 14.2 Å². The zero-order chi connectivity index (χ0) is 24.4. The summed E-state index contributed by atoms with van der Waals surface area (Å²) in [5.41, 5.74) is 0.239. The van der Waals surface area contributed by atoms with Gasteiger partial charge in [0.1, 0.15) is 0 Å². The van der Waals surface area contributed by atoms with Gasteiger partial charge in [-0.3, -0.25) is 19.3 Å². The van der Waals surface area contributed by atoms with Gasteiger partial charge in [0.15, 0.2) is 11.5 Å². The number of hydrogen-bond acceptors (Lipinski definition) is 6. The molecule has 0 aromatic heterocycles. The molecular weight excluding hydrogens is 448 g/mol. The molecular formula is C27H30N2O6. The summed E-state index contributed by atoms with van der Waals surface area (Å²) < 4.78 is 16.2. The number of hydrogen-bond donors (Lipinski definition) is 0. The van der Waals surface area contributed by atoms with Crippen molar-refractivity contribution in [3.8, 4) is 11.5 Å². The van der Waals surface area contributed by atoms with Gasteiger partial charge < -0.3 is 19.1 Å². The first kappa shape index (κ1) is 23.4. The van der Waals surface area contributed by atoms with E-state index in [1.807, 2.05) is 41.3 Å². The molecule has 2 fully saturated rings. The maximum atomic E-state index is 14.0. The molecule has 3 heterocycles. The van der Waals surface area contributed by atoms with Crippen LogP contribution in [0.25, 0.3) is 0 Å². The smallest absolute Gasteiger partial charge is 0.241 e. The number of ether oxygens (including phenoxy) is 3. The fourth-order valence-corrected chi connectivity index (χ4v) is 5.46. The van der Waals surface area contributed by atoms with Gasteiger partial charge in [-0.15, -0.1) is 0 Å². The number of imide groups is 1. The summed E-state index contributed by atoms with van der Waals surface area (Å²) in [6.07, 6.45) is 2.77. The van der Waals surface area contributed by atoms with E-state index in [9.17, 15) is 14.4 Å². The predicted molar refractivity (Wildman–Crippen MR) is 127 cm³/mol. The summed E-state index contributed by atoms with van der Waals surface area (Å²) in [4.78, 5) is 43.9. The SMILES string of the molecule is COCC1CCCCN1C(=O)CC1(c2ccccc2)CC(=O)N(Cc2ccc3c(c2)OCO3)C1=O. The van der Waals surface area contributed by atoms with Crippen LogP contribution in [0.5, 0.6) is 11.5 Å². The van der Waals surface area contributed by atoms with Gasteiger partial charge in [0, 0.05) is 26.5 Å². The van der Waals surface area contributed by atoms with Gasteiger partial charge in [-0.1, -0.05) is 36.4 Å². The Morgan fingerprint density at radius 1 is 1.09 bits per heavy atom. The van der Waals surface area contributed by atoms with Crippen molar-refractivity contribution in [1.29, 1.82) is 0 Å². The van der Waals surface area contributed by atoms with Crippen LogP contribution in [0.4, 0.5) is 0 Å². The largest absolute Gasteiger partial charge is 0.454 e. The molecule has 2 saturated heterocycles. The summed E-state index contributed by atoms with van der Waals surface area (Å²) in [5.74, 6) is 0.516. The minimum Gasteiger partial charge on any atom is -0.454 e. The van der Waals surface area contributed by atoms with Crippen molar-refractivity contribution in [3.05, 3.63) is 59.7 Å². The molecule has 8 nitrogen and oxygen atoms in total. The summed E-state index contributed by atoms with van der Waals surface area (Å²) >= 11 is 0. The summed E-state index contributed by atoms with van der Waals surface area (Å²) in [5, 5.41) is 0. The van der Waals surface area contributed by atoms with Gasteiger partial charge in [0.05, 0.1) is 24.6 Å². The van der Waals surface area contributed by atoms with Gasteiger partial charge in [0.25, 0.3) is 0 Å². The number of nitrogens with zero attached hydrogens (tertiary/aromatic N) is 2. The molecule has 184 valence electrons. The molecule has 2 aromatic rings. The lowest BCUT2D eigenvalue weighted by molar-refractivity contribution is -0.144. The molecule has 3 amide bonds. The van der Waals surface area contributed by atoms with Crippen LogP contribution in [-0.4, -0.2) is 60.6 Å². The minimum atomic E-state index is -1.22. The lowest BCUT2D eigenvalue weighted by Gasteiger charge is -2.37. The topological polar surface area (TPSA) is 85.4 Å². The van der Waals surface area contributed by atoms with E-state index in [1.54, 1.807) is 19.2 Å². The highest BCUT2D eigenvalue weighted by molar-refractivity contribution is 6.10. The average Bonchev–Trinajstić information content (AvgIpc) is 3.43. The minimum absolute atomic E-state index is 0.00832. The van der Waals surface area contributed by atoms with Crippen LogP contribution in [0.3, 0.4) is 0 Å². The molecule has 0 N–H and O–H groups in total. The second-order valence-corrected chi connectivity index (χ2v) is 9.47. The third-order valence-corrected chi connectivity index (χ3v) is 7.27. The number of rotatable bonds is 7. The summed E-state index contributed by atoms with van der Waals surface area (Å²) in [6, 6.07) is 14.6. The number of benzene rings is 2. The third kappa shape index (κ3) is 4.38. The van der Waals surface area contributed by atoms with E-state index in [2.05, 4.69) is 0 Å². The van der Waals surface area contributed by atoms with Crippen LogP contribution in [0.1, 0.15) is 43.2 Å². The van der Waals surface area contributed by atoms with E-state index >= 15 is 0 Å². The average molecular weight is 479 g/mol. The molecule has 0 bridgehead atoms. The van der Waals surface area contributed by atoms with Crippen LogP contribution in [0.15, 0.2) is 48.5 Å². The van der Waals surface area contributed by atoms with Gasteiger partial charge in [-0.2, -0.15) is 0 Å². The standard InChI is InChI=1S/C27H30N2O6/c1-33-17-21-9-5-6-12-28(21)24(30)14-27(20-7-3-2-4-8-20)15-25(31)29(26(27)32)16-19-10-11-22-23(13-19)35-18-34-22/h2-4,7-8,10-11,13,21H,5-6,9,12,14-18H2,1H3. The van der Waals surface area contributed by atoms with E-state index < -0.39 is 5.41 Å². The maximum absolute atomic E-state index is 14.0. The van der Waals surface area contributed by atoms with Crippen molar-refractivity contribution in [2.75, 3.05) is 27.1 Å². The number of carbonyl (C=O) groups excluding carboxylic acids is 3. The zero-order valence-electron chi connectivity index (χ0n) is 19.9. The lowest BCUT2D eigenvalue weighted by atomic mass is 9.75. The Morgan fingerprint density at radius 2 is 1.89 bits per heavy atom. The highest BCUT2D eigenvalue weighted by atomic mass is 16.7. The molecule has 5 rings (SSSR count). The van der Waals surface area contributed by atoms with E-state index in [-0.39, 0.29) is 49.9 Å². The third-order valence-electron chi connectivity index (χ3n) is 7.27. The number of methoxy groups -OCH3 is 1. The Labute approximate surface area is 204 Å². The fourth-order valence-electron chi connectivity index (χ4n) is 5.46. The van der Waals surface area contributed by atoms with Crippen molar-refractivity contribution >= 4 is 17.7 Å². The van der Waals surface area contributed by atoms with Crippen molar-refractivity contribution in [1.82, 2.24) is 9.80 Å². The Bertz CT molecular complexity index is 1120. The second kappa shape index (κ2) is 9.70. The fraction of sp³-hybridized carbons (Fsp3) is 0.444. The lowest BCUT2D eigenvalue weighted by Crippen LogP contribution is -2.49. The van der Waals surface area contributed by atoms with E-state index in [0.717, 1.165) is 24.8 Å². The quantitative estimate of drug-likeness (QED) is 0.569. The van der Waals surface area contributed by atoms with Gasteiger partial charge in [0.2, 0.25) is 24.5 Å². The van der Waals surface area contributed by atoms with Crippen LogP contribution in [-0.2, 0) is 31.1 Å². The van der Waals surface area contributed by atoms with Crippen LogP contribution in [0.2, 0.25) is 0 Å². The molecule has 0 radical (unpaired) electrons. The number of likely N-dealkylation sites (tertiary alicyclic amines) is 2. The molecule has 2 atom stereocenters. The molecule has 0 spiro atoms. The monoisotopic (exact) mass is 478 g/mol. The molecule has 3 aliphatic rings. The van der Waals surface area contributed by atoms with Gasteiger partial charge >= 0.3 is 0 Å². The maximum Gasteiger partial charge on any atom is 0.241 e. The number of carbonyl (C=O) groups is 3. The highest BCUT2D eigenvalue weighted by Gasteiger charge is 2.54. The molecule has 0 aliphatic carbocycles. The van der Waals surface area contributed by atoms with Crippen LogP contribution < -0.4 is 9.47 Å². The van der Waals surface area contributed by atoms with Crippen molar-refractivity contribution in [3.63, 3.8) is 0 Å². The van der Waals surface area contributed by atoms with Crippen molar-refractivity contribution in [2.45, 2.75) is 50.1 Å². The van der Waals surface area contributed by atoms with Crippen molar-refractivity contribution in [2.24, 2.45) is 0 Å². The first-order valence-corrected chi connectivity index (χ1v) is 12.1. The summed E-state index contributed by atoms with van der Waals surface area (Å²) in [7, 11) is 1.63. The van der Waals surface area contributed by atoms with Gasteiger partial charge in [-0.25, -0.2) is 0 Å². The molecule has 35 heavy (non-hydrogen) atoms.